The molecule has 4 aromatic rings. The van der Waals surface area contributed by atoms with Gasteiger partial charge in [-0.3, -0.25) is 4.79 Å². The molecule has 0 saturated carbocycles. The number of alkyl halides is 3. The number of rotatable bonds is 4. The summed E-state index contributed by atoms with van der Waals surface area (Å²) in [5.41, 5.74) is 1.61. The highest BCUT2D eigenvalue weighted by Gasteiger charge is 2.31. The van der Waals surface area contributed by atoms with Crippen molar-refractivity contribution in [1.82, 2.24) is 19.7 Å². The minimum absolute atomic E-state index is 0.140. The molecule has 1 N–H and O–H groups in total. The van der Waals surface area contributed by atoms with Crippen LogP contribution in [0.4, 0.5) is 13.2 Å². The van der Waals surface area contributed by atoms with E-state index in [1.807, 2.05) is 19.1 Å². The van der Waals surface area contributed by atoms with Crippen LogP contribution >= 0.6 is 0 Å². The number of fused-ring (bicyclic) bond motifs is 1. The van der Waals surface area contributed by atoms with Crippen LogP contribution in [0.15, 0.2) is 66.0 Å². The summed E-state index contributed by atoms with van der Waals surface area (Å²) in [7, 11) is 0. The van der Waals surface area contributed by atoms with Crippen LogP contribution < -0.4 is 5.56 Å². The first kappa shape index (κ1) is 18.9. The van der Waals surface area contributed by atoms with Crippen molar-refractivity contribution in [3.63, 3.8) is 0 Å². The molecular weight excluding hydrogens is 381 g/mol. The number of aromatic amines is 1. The first-order valence-corrected chi connectivity index (χ1v) is 9.04. The smallest absolute Gasteiger partial charge is 0.322 e. The Morgan fingerprint density at radius 3 is 2.59 bits per heavy atom. The van der Waals surface area contributed by atoms with Crippen molar-refractivity contribution in [1.29, 1.82) is 0 Å². The van der Waals surface area contributed by atoms with Gasteiger partial charge in [0.2, 0.25) is 0 Å². The van der Waals surface area contributed by atoms with Crippen LogP contribution in [-0.2, 0) is 12.6 Å². The number of nitrogens with zero attached hydrogens (tertiary/aromatic N) is 3. The van der Waals surface area contributed by atoms with Crippen molar-refractivity contribution in [3.8, 4) is 0 Å². The Labute approximate surface area is 163 Å². The minimum Gasteiger partial charge on any atom is -0.322 e. The summed E-state index contributed by atoms with van der Waals surface area (Å²) in [5.74, 6) is 0. The fourth-order valence-corrected chi connectivity index (χ4v) is 3.44. The number of benzene rings is 2. The summed E-state index contributed by atoms with van der Waals surface area (Å²) >= 11 is 0. The number of aryl methyl sites for hydroxylation is 1. The van der Waals surface area contributed by atoms with Crippen molar-refractivity contribution in [2.75, 3.05) is 0 Å². The maximum Gasteiger partial charge on any atom is 0.416 e. The SMILES string of the molecule is CCc1cc2cc(C(c3cccc(C(F)(F)F)c3)n3cncn3)ccc2[nH]c1=O. The predicted octanol–water partition coefficient (Wildman–Crippen LogP) is 4.34. The molecule has 4 rings (SSSR count). The van der Waals surface area contributed by atoms with E-state index in [9.17, 15) is 18.0 Å². The quantitative estimate of drug-likeness (QED) is 0.556. The van der Waals surface area contributed by atoms with E-state index in [1.165, 1.54) is 23.4 Å². The number of halogens is 3. The molecule has 2 aromatic carbocycles. The zero-order valence-electron chi connectivity index (χ0n) is 15.4. The molecule has 29 heavy (non-hydrogen) atoms. The van der Waals surface area contributed by atoms with Gasteiger partial charge in [-0.05, 0) is 53.3 Å². The standard InChI is InChI=1S/C21H17F3N4O/c1-2-13-8-16-9-15(6-7-18(16)27-20(13)29)19(28-12-25-11-26-28)14-4-3-5-17(10-14)21(22,23)24/h3-12,19H,2H2,1H3,(H,27,29). The third-order valence-corrected chi connectivity index (χ3v) is 4.87. The van der Waals surface area contributed by atoms with Gasteiger partial charge < -0.3 is 4.98 Å². The van der Waals surface area contributed by atoms with Crippen LogP contribution in [0.2, 0.25) is 0 Å². The second-order valence-corrected chi connectivity index (χ2v) is 6.73. The lowest BCUT2D eigenvalue weighted by molar-refractivity contribution is -0.137. The molecule has 0 fully saturated rings. The van der Waals surface area contributed by atoms with Gasteiger partial charge in [0.05, 0.1) is 5.56 Å². The lowest BCUT2D eigenvalue weighted by atomic mass is 9.95. The van der Waals surface area contributed by atoms with Gasteiger partial charge >= 0.3 is 6.18 Å². The average Bonchev–Trinajstić information content (AvgIpc) is 3.21. The number of aromatic nitrogens is 4. The number of H-pyrrole nitrogens is 1. The lowest BCUT2D eigenvalue weighted by Crippen LogP contribution is -2.15. The average molecular weight is 398 g/mol. The molecule has 0 aliphatic carbocycles. The molecular formula is C21H17F3N4O. The van der Waals surface area contributed by atoms with Crippen LogP contribution in [0.3, 0.4) is 0 Å². The summed E-state index contributed by atoms with van der Waals surface area (Å²) in [6.07, 6.45) is -1.05. The number of nitrogens with one attached hydrogen (secondary N) is 1. The van der Waals surface area contributed by atoms with Crippen molar-refractivity contribution in [3.05, 3.63) is 93.8 Å². The van der Waals surface area contributed by atoms with Gasteiger partial charge in [0.25, 0.3) is 5.56 Å². The van der Waals surface area contributed by atoms with Gasteiger partial charge in [-0.15, -0.1) is 0 Å². The fourth-order valence-electron chi connectivity index (χ4n) is 3.44. The van der Waals surface area contributed by atoms with E-state index in [4.69, 9.17) is 0 Å². The van der Waals surface area contributed by atoms with Crippen molar-refractivity contribution in [2.24, 2.45) is 0 Å². The van der Waals surface area contributed by atoms with Crippen LogP contribution in [0.5, 0.6) is 0 Å². The maximum atomic E-state index is 13.2. The molecule has 148 valence electrons. The molecule has 1 atom stereocenters. The van der Waals surface area contributed by atoms with Crippen molar-refractivity contribution < 1.29 is 13.2 Å². The first-order chi connectivity index (χ1) is 13.9. The second kappa shape index (κ2) is 7.20. The maximum absolute atomic E-state index is 13.2. The highest BCUT2D eigenvalue weighted by molar-refractivity contribution is 5.80. The Morgan fingerprint density at radius 1 is 1.10 bits per heavy atom. The highest BCUT2D eigenvalue weighted by atomic mass is 19.4. The van der Waals surface area contributed by atoms with E-state index in [0.29, 0.717) is 23.1 Å². The van der Waals surface area contributed by atoms with Gasteiger partial charge in [0, 0.05) is 11.1 Å². The Balaban J connectivity index is 1.89. The van der Waals surface area contributed by atoms with E-state index in [2.05, 4.69) is 15.1 Å². The highest BCUT2D eigenvalue weighted by Crippen LogP contribution is 2.34. The van der Waals surface area contributed by atoms with Crippen LogP contribution in [-0.4, -0.2) is 19.7 Å². The van der Waals surface area contributed by atoms with E-state index in [0.717, 1.165) is 23.1 Å². The van der Waals surface area contributed by atoms with E-state index in [1.54, 1.807) is 18.2 Å². The molecule has 2 aromatic heterocycles. The molecule has 0 radical (unpaired) electrons. The van der Waals surface area contributed by atoms with E-state index >= 15 is 0 Å². The van der Waals surface area contributed by atoms with Gasteiger partial charge in [0.1, 0.15) is 18.7 Å². The molecule has 0 aliphatic rings. The van der Waals surface area contributed by atoms with E-state index < -0.39 is 17.8 Å². The Kier molecular flexibility index (Phi) is 4.70. The molecule has 0 aliphatic heterocycles. The molecule has 0 amide bonds. The van der Waals surface area contributed by atoms with Crippen LogP contribution in [0, 0.1) is 0 Å². The topological polar surface area (TPSA) is 63.6 Å². The number of pyridine rings is 1. The normalized spacial score (nSPS) is 13.0. The Hall–Kier alpha value is -3.42. The van der Waals surface area contributed by atoms with Crippen LogP contribution in [0.25, 0.3) is 10.9 Å². The van der Waals surface area contributed by atoms with Gasteiger partial charge in [0.15, 0.2) is 0 Å². The van der Waals surface area contributed by atoms with Gasteiger partial charge in [-0.25, -0.2) is 9.67 Å². The van der Waals surface area contributed by atoms with Crippen LogP contribution in [0.1, 0.15) is 35.2 Å². The molecule has 5 nitrogen and oxygen atoms in total. The monoisotopic (exact) mass is 398 g/mol. The zero-order chi connectivity index (χ0) is 20.6. The molecule has 8 heteroatoms. The predicted molar refractivity (Wildman–Crippen MR) is 103 cm³/mol. The molecule has 2 heterocycles. The fraction of sp³-hybridized carbons (Fsp3) is 0.190. The zero-order valence-corrected chi connectivity index (χ0v) is 15.4. The first-order valence-electron chi connectivity index (χ1n) is 9.04. The van der Waals surface area contributed by atoms with Gasteiger partial charge in [-0.2, -0.15) is 18.3 Å². The van der Waals surface area contributed by atoms with Crippen molar-refractivity contribution in [2.45, 2.75) is 25.6 Å². The molecule has 0 spiro atoms. The summed E-state index contributed by atoms with van der Waals surface area (Å²) in [5, 5.41) is 4.96. The summed E-state index contributed by atoms with van der Waals surface area (Å²) < 4.78 is 41.2. The summed E-state index contributed by atoms with van der Waals surface area (Å²) in [4.78, 5) is 18.8. The molecule has 1 unspecified atom stereocenters. The molecule has 0 bridgehead atoms. The number of hydrogen-bond acceptors (Lipinski definition) is 3. The van der Waals surface area contributed by atoms with E-state index in [-0.39, 0.29) is 5.56 Å². The molecule has 0 saturated heterocycles. The minimum atomic E-state index is -4.44. The largest absolute Gasteiger partial charge is 0.416 e. The lowest BCUT2D eigenvalue weighted by Gasteiger charge is -2.20. The number of hydrogen-bond donors (Lipinski definition) is 1. The third kappa shape index (κ3) is 3.65. The van der Waals surface area contributed by atoms with Gasteiger partial charge in [-0.1, -0.05) is 25.1 Å². The summed E-state index contributed by atoms with van der Waals surface area (Å²) in [6.45, 7) is 1.89. The second-order valence-electron chi connectivity index (χ2n) is 6.73. The third-order valence-electron chi connectivity index (χ3n) is 4.87. The Bertz CT molecular complexity index is 1210. The Morgan fingerprint density at radius 2 is 1.90 bits per heavy atom. The summed E-state index contributed by atoms with van der Waals surface area (Å²) in [6, 6.07) is 11.8. The van der Waals surface area contributed by atoms with Crippen molar-refractivity contribution >= 4 is 10.9 Å².